The highest BCUT2D eigenvalue weighted by Crippen LogP contribution is 2.19. The number of H-pyrrole nitrogens is 1. The predicted octanol–water partition coefficient (Wildman–Crippen LogP) is 5.07. The van der Waals surface area contributed by atoms with E-state index < -0.39 is 12.2 Å². The highest BCUT2D eigenvalue weighted by Gasteiger charge is 2.14. The van der Waals surface area contributed by atoms with E-state index in [-0.39, 0.29) is 0 Å². The van der Waals surface area contributed by atoms with Crippen LogP contribution in [0.1, 0.15) is 46.1 Å². The van der Waals surface area contributed by atoms with Crippen molar-refractivity contribution in [3.05, 3.63) is 71.0 Å². The molecule has 0 bridgehead atoms. The Morgan fingerprint density at radius 3 is 2.54 bits per heavy atom. The van der Waals surface area contributed by atoms with Crippen LogP contribution in [0.15, 0.2) is 65.4 Å². The first kappa shape index (κ1) is 20.2. The van der Waals surface area contributed by atoms with Gasteiger partial charge in [0.25, 0.3) is 0 Å². The lowest BCUT2D eigenvalue weighted by atomic mass is 10.0. The molecule has 2 unspecified atom stereocenters. The van der Waals surface area contributed by atoms with Crippen molar-refractivity contribution < 1.29 is 10.2 Å². The van der Waals surface area contributed by atoms with Gasteiger partial charge < -0.3 is 15.2 Å². The minimum Gasteiger partial charge on any atom is -0.386 e. The van der Waals surface area contributed by atoms with Gasteiger partial charge in [-0.2, -0.15) is 0 Å². The first-order valence-electron chi connectivity index (χ1n) is 9.27. The van der Waals surface area contributed by atoms with Gasteiger partial charge in [0, 0.05) is 17.1 Å². The Hall–Kier alpha value is -2.10. The first-order chi connectivity index (χ1) is 12.4. The molecule has 140 valence electrons. The number of aliphatic hydroxyl groups excluding tert-OH is 2. The number of benzene rings is 1. The maximum absolute atomic E-state index is 10.1. The van der Waals surface area contributed by atoms with E-state index in [0.717, 1.165) is 30.4 Å². The predicted molar refractivity (Wildman–Crippen MR) is 110 cm³/mol. The van der Waals surface area contributed by atoms with Crippen LogP contribution < -0.4 is 0 Å². The molecule has 0 amide bonds. The molecule has 26 heavy (non-hydrogen) atoms. The number of hydrogen-bond donors (Lipinski definition) is 3. The van der Waals surface area contributed by atoms with E-state index in [1.54, 1.807) is 6.08 Å². The molecule has 1 aromatic carbocycles. The quantitative estimate of drug-likeness (QED) is 0.580. The lowest BCUT2D eigenvalue weighted by Gasteiger charge is -2.16. The Balaban J connectivity index is 1.88. The molecule has 1 aromatic heterocycles. The SMILES string of the molecule is CC(C)=CC(O)C(O)/C(C)=C/CC/C(C)=C/Cc1c[nH]c2ccccc12. The smallest absolute Gasteiger partial charge is 0.104 e. The molecular formula is C23H31NO2. The van der Waals surface area contributed by atoms with Gasteiger partial charge in [-0.3, -0.25) is 0 Å². The highest BCUT2D eigenvalue weighted by molar-refractivity contribution is 5.83. The van der Waals surface area contributed by atoms with Crippen LogP contribution in [-0.4, -0.2) is 27.4 Å². The second-order valence-electron chi connectivity index (χ2n) is 7.28. The number of hydrogen-bond acceptors (Lipinski definition) is 2. The van der Waals surface area contributed by atoms with E-state index in [0.29, 0.717) is 0 Å². The van der Waals surface area contributed by atoms with Crippen LogP contribution in [-0.2, 0) is 6.42 Å². The summed E-state index contributed by atoms with van der Waals surface area (Å²) in [5.74, 6) is 0. The molecule has 2 atom stereocenters. The normalized spacial score (nSPS) is 15.2. The van der Waals surface area contributed by atoms with Gasteiger partial charge in [0.2, 0.25) is 0 Å². The maximum Gasteiger partial charge on any atom is 0.104 e. The molecule has 0 fully saturated rings. The van der Waals surface area contributed by atoms with Crippen molar-refractivity contribution in [2.75, 3.05) is 0 Å². The van der Waals surface area contributed by atoms with Crippen molar-refractivity contribution in [2.24, 2.45) is 0 Å². The largest absolute Gasteiger partial charge is 0.386 e. The Labute approximate surface area is 156 Å². The van der Waals surface area contributed by atoms with Crippen LogP contribution in [0.25, 0.3) is 10.9 Å². The lowest BCUT2D eigenvalue weighted by Crippen LogP contribution is -2.25. The van der Waals surface area contributed by atoms with Gasteiger partial charge in [-0.1, -0.05) is 47.6 Å². The number of para-hydroxylation sites is 1. The summed E-state index contributed by atoms with van der Waals surface area (Å²) in [5.41, 5.74) is 5.64. The zero-order chi connectivity index (χ0) is 19.1. The second kappa shape index (κ2) is 9.56. The van der Waals surface area contributed by atoms with Gasteiger partial charge in [0.05, 0.1) is 0 Å². The first-order valence-corrected chi connectivity index (χ1v) is 9.27. The molecule has 0 radical (unpaired) electrons. The molecule has 0 saturated heterocycles. The van der Waals surface area contributed by atoms with Gasteiger partial charge in [-0.05, 0) is 64.2 Å². The van der Waals surface area contributed by atoms with Crippen LogP contribution in [0, 0.1) is 0 Å². The van der Waals surface area contributed by atoms with E-state index in [1.165, 1.54) is 22.0 Å². The van der Waals surface area contributed by atoms with E-state index in [4.69, 9.17) is 0 Å². The van der Waals surface area contributed by atoms with Gasteiger partial charge in [-0.15, -0.1) is 0 Å². The summed E-state index contributed by atoms with van der Waals surface area (Å²) in [6.45, 7) is 7.85. The molecule has 0 aliphatic heterocycles. The Bertz CT molecular complexity index is 806. The average molecular weight is 354 g/mol. The summed E-state index contributed by atoms with van der Waals surface area (Å²) >= 11 is 0. The monoisotopic (exact) mass is 353 g/mol. The van der Waals surface area contributed by atoms with E-state index >= 15 is 0 Å². The molecule has 3 nitrogen and oxygen atoms in total. The molecule has 0 aliphatic carbocycles. The van der Waals surface area contributed by atoms with Gasteiger partial charge in [-0.25, -0.2) is 0 Å². The van der Waals surface area contributed by atoms with Gasteiger partial charge in [0.1, 0.15) is 12.2 Å². The van der Waals surface area contributed by atoms with Crippen LogP contribution in [0.2, 0.25) is 0 Å². The van der Waals surface area contributed by atoms with Crippen LogP contribution in [0.4, 0.5) is 0 Å². The summed E-state index contributed by atoms with van der Waals surface area (Å²) < 4.78 is 0. The molecule has 0 aliphatic rings. The van der Waals surface area contributed by atoms with Gasteiger partial charge in [0.15, 0.2) is 0 Å². The molecule has 3 heteroatoms. The summed E-state index contributed by atoms with van der Waals surface area (Å²) in [4.78, 5) is 3.31. The number of nitrogens with one attached hydrogen (secondary N) is 1. The van der Waals surface area contributed by atoms with Crippen molar-refractivity contribution in [3.63, 3.8) is 0 Å². The fourth-order valence-corrected chi connectivity index (χ4v) is 3.04. The fourth-order valence-electron chi connectivity index (χ4n) is 3.04. The van der Waals surface area contributed by atoms with Crippen molar-refractivity contribution in [2.45, 2.75) is 59.2 Å². The molecule has 2 rings (SSSR count). The molecule has 2 aromatic rings. The summed E-state index contributed by atoms with van der Waals surface area (Å²) in [6, 6.07) is 8.35. The number of aromatic nitrogens is 1. The fraction of sp³-hybridized carbons (Fsp3) is 0.391. The van der Waals surface area contributed by atoms with E-state index in [2.05, 4.69) is 42.4 Å². The lowest BCUT2D eigenvalue weighted by molar-refractivity contribution is 0.0725. The standard InChI is InChI=1S/C23H31NO2/c1-16(2)14-22(25)23(26)18(4)9-7-8-17(3)12-13-19-15-24-21-11-6-5-10-20(19)21/h5-6,9-12,14-15,22-26H,7-8,13H2,1-4H3/b17-12+,18-9+. The Morgan fingerprint density at radius 1 is 1.08 bits per heavy atom. The number of rotatable bonds is 8. The van der Waals surface area contributed by atoms with Crippen molar-refractivity contribution >= 4 is 10.9 Å². The third-order valence-electron chi connectivity index (χ3n) is 4.64. The van der Waals surface area contributed by atoms with Crippen molar-refractivity contribution in [3.8, 4) is 0 Å². The van der Waals surface area contributed by atoms with Crippen molar-refractivity contribution in [1.29, 1.82) is 0 Å². The summed E-state index contributed by atoms with van der Waals surface area (Å²) in [5, 5.41) is 21.4. The third-order valence-corrected chi connectivity index (χ3v) is 4.64. The molecule has 1 heterocycles. The number of fused-ring (bicyclic) bond motifs is 1. The third kappa shape index (κ3) is 5.72. The summed E-state index contributed by atoms with van der Waals surface area (Å²) in [6.07, 6.45) is 9.12. The van der Waals surface area contributed by atoms with Gasteiger partial charge >= 0.3 is 0 Å². The molecular weight excluding hydrogens is 322 g/mol. The topological polar surface area (TPSA) is 56.2 Å². The average Bonchev–Trinajstić information content (AvgIpc) is 3.01. The number of aromatic amines is 1. The van der Waals surface area contributed by atoms with Crippen LogP contribution in [0.3, 0.4) is 0 Å². The number of allylic oxidation sites excluding steroid dienone is 4. The Kier molecular flexibility index (Phi) is 7.43. The minimum absolute atomic E-state index is 0.819. The van der Waals surface area contributed by atoms with E-state index in [9.17, 15) is 10.2 Å². The highest BCUT2D eigenvalue weighted by atomic mass is 16.3. The van der Waals surface area contributed by atoms with Crippen LogP contribution in [0.5, 0.6) is 0 Å². The maximum atomic E-state index is 10.1. The zero-order valence-corrected chi connectivity index (χ0v) is 16.3. The van der Waals surface area contributed by atoms with E-state index in [1.807, 2.05) is 32.9 Å². The minimum atomic E-state index is -0.838. The second-order valence-corrected chi connectivity index (χ2v) is 7.28. The Morgan fingerprint density at radius 2 is 1.81 bits per heavy atom. The zero-order valence-electron chi connectivity index (χ0n) is 16.3. The number of aliphatic hydroxyl groups is 2. The summed E-state index contributed by atoms with van der Waals surface area (Å²) in [7, 11) is 0. The molecule has 3 N–H and O–H groups in total. The molecule has 0 saturated carbocycles. The van der Waals surface area contributed by atoms with Crippen molar-refractivity contribution in [1.82, 2.24) is 4.98 Å². The van der Waals surface area contributed by atoms with Crippen LogP contribution >= 0.6 is 0 Å². The molecule has 0 spiro atoms.